The minimum atomic E-state index is -4.18. The summed E-state index contributed by atoms with van der Waals surface area (Å²) < 4.78 is 34.9. The second-order valence-electron chi connectivity index (χ2n) is 11.2. The molecule has 1 aromatic carbocycles. The summed E-state index contributed by atoms with van der Waals surface area (Å²) in [5.41, 5.74) is 0.252. The number of pyridine rings is 1. The summed E-state index contributed by atoms with van der Waals surface area (Å²) in [6.07, 6.45) is 7.90. The molecular weight excluding hydrogens is 490 g/mol. The van der Waals surface area contributed by atoms with E-state index in [1.807, 2.05) is 17.9 Å². The van der Waals surface area contributed by atoms with Crippen LogP contribution >= 0.6 is 0 Å². The van der Waals surface area contributed by atoms with E-state index >= 15 is 0 Å². The van der Waals surface area contributed by atoms with E-state index in [1.54, 1.807) is 19.1 Å². The number of aromatic nitrogens is 1. The first-order valence-corrected chi connectivity index (χ1v) is 14.9. The van der Waals surface area contributed by atoms with Crippen molar-refractivity contribution in [2.24, 2.45) is 0 Å². The maximum Gasteiger partial charge on any atom is 0.281 e. The highest BCUT2D eigenvalue weighted by atomic mass is 32.2. The third kappa shape index (κ3) is 5.77. The molecule has 2 heterocycles. The van der Waals surface area contributed by atoms with Gasteiger partial charge in [0.25, 0.3) is 15.9 Å². The number of hydrogen-bond donors (Lipinski definition) is 2. The number of anilines is 1. The molecule has 1 aromatic heterocycles. The number of carbonyl (C=O) groups excluding carboxylic acids is 1. The Balaban J connectivity index is 1.31. The van der Waals surface area contributed by atoms with Gasteiger partial charge in [-0.1, -0.05) is 37.5 Å². The van der Waals surface area contributed by atoms with Gasteiger partial charge in [-0.15, -0.1) is 0 Å². The van der Waals surface area contributed by atoms with Crippen molar-refractivity contribution in [3.8, 4) is 5.75 Å². The van der Waals surface area contributed by atoms with Gasteiger partial charge in [-0.25, -0.2) is 9.71 Å². The van der Waals surface area contributed by atoms with Crippen molar-refractivity contribution in [1.82, 2.24) is 9.71 Å². The minimum absolute atomic E-state index is 0.204. The van der Waals surface area contributed by atoms with Crippen molar-refractivity contribution in [3.63, 3.8) is 0 Å². The molecule has 5 rings (SSSR count). The maximum absolute atomic E-state index is 13.3. The number of aryl methyl sites for hydroxylation is 1. The number of piperidine rings is 1. The third-order valence-electron chi connectivity index (χ3n) is 8.01. The summed E-state index contributed by atoms with van der Waals surface area (Å²) in [5, 5.41) is 10.0. The molecule has 3 aliphatic rings. The second kappa shape index (κ2) is 9.91. The maximum atomic E-state index is 13.3. The van der Waals surface area contributed by atoms with Gasteiger partial charge in [0.05, 0.1) is 5.60 Å². The van der Waals surface area contributed by atoms with Crippen molar-refractivity contribution in [3.05, 3.63) is 47.5 Å². The van der Waals surface area contributed by atoms with E-state index in [0.29, 0.717) is 56.3 Å². The molecule has 1 aliphatic heterocycles. The highest BCUT2D eigenvalue weighted by molar-refractivity contribution is 7.90. The fourth-order valence-corrected chi connectivity index (χ4v) is 6.40. The Kier molecular flexibility index (Phi) is 6.96. The summed E-state index contributed by atoms with van der Waals surface area (Å²) in [7, 11) is -4.18. The number of ether oxygens (including phenoxy) is 1. The zero-order chi connectivity index (χ0) is 26.3. The van der Waals surface area contributed by atoms with Gasteiger partial charge >= 0.3 is 0 Å². The van der Waals surface area contributed by atoms with Crippen LogP contribution in [0, 0.1) is 6.92 Å². The normalized spacial score (nSPS) is 21.3. The molecule has 2 aromatic rings. The van der Waals surface area contributed by atoms with Crippen LogP contribution in [-0.2, 0) is 14.8 Å². The van der Waals surface area contributed by atoms with E-state index in [-0.39, 0.29) is 5.03 Å². The van der Waals surface area contributed by atoms with Gasteiger partial charge in [0, 0.05) is 25.9 Å². The zero-order valence-electron chi connectivity index (χ0n) is 21.7. The van der Waals surface area contributed by atoms with Crippen LogP contribution in [0.15, 0.2) is 41.4 Å². The molecule has 8 nitrogen and oxygen atoms in total. The summed E-state index contributed by atoms with van der Waals surface area (Å²) in [5.74, 6) is 0.959. The largest absolute Gasteiger partial charge is 0.477 e. The molecule has 0 unspecified atom stereocenters. The Morgan fingerprint density at radius 2 is 1.78 bits per heavy atom. The molecular formula is C28H37N3O5S. The lowest BCUT2D eigenvalue weighted by atomic mass is 9.83. The van der Waals surface area contributed by atoms with Crippen LogP contribution in [-0.4, -0.2) is 48.7 Å². The monoisotopic (exact) mass is 527 g/mol. The molecule has 1 saturated heterocycles. The molecule has 2 aliphatic carbocycles. The van der Waals surface area contributed by atoms with Crippen LogP contribution in [0.5, 0.6) is 5.75 Å². The van der Waals surface area contributed by atoms with Gasteiger partial charge < -0.3 is 14.7 Å². The Labute approximate surface area is 219 Å². The van der Waals surface area contributed by atoms with Crippen molar-refractivity contribution in [2.45, 2.75) is 93.8 Å². The molecule has 2 N–H and O–H groups in total. The standard InChI is InChI=1S/C28H37N3O5S/c1-20-11-12-22(21-7-4-3-5-8-21)23(19-20)36-28(13-14-28)26(32)30-37(34,35)25-10-6-9-24(29-25)31-17-15-27(2,33)16-18-31/h6,9-12,19,21,33H,3-5,7-8,13-18H2,1-2H3,(H,30,32). The fourth-order valence-electron chi connectivity index (χ4n) is 5.39. The fraction of sp³-hybridized carbons (Fsp3) is 0.571. The van der Waals surface area contributed by atoms with Gasteiger partial charge in [0.2, 0.25) is 0 Å². The van der Waals surface area contributed by atoms with E-state index in [4.69, 9.17) is 4.74 Å². The molecule has 0 radical (unpaired) electrons. The van der Waals surface area contributed by atoms with Crippen LogP contribution in [0.2, 0.25) is 0 Å². The zero-order valence-corrected chi connectivity index (χ0v) is 22.5. The summed E-state index contributed by atoms with van der Waals surface area (Å²) in [6, 6.07) is 10.9. The van der Waals surface area contributed by atoms with Gasteiger partial charge in [-0.05, 0) is 74.8 Å². The molecule has 2 saturated carbocycles. The van der Waals surface area contributed by atoms with Crippen molar-refractivity contribution < 1.29 is 23.1 Å². The Bertz CT molecular complexity index is 1260. The van der Waals surface area contributed by atoms with Crippen molar-refractivity contribution in [2.75, 3.05) is 18.0 Å². The third-order valence-corrected chi connectivity index (χ3v) is 9.25. The summed E-state index contributed by atoms with van der Waals surface area (Å²) in [4.78, 5) is 19.6. The lowest BCUT2D eigenvalue weighted by molar-refractivity contribution is -0.128. The van der Waals surface area contributed by atoms with E-state index in [2.05, 4.69) is 21.8 Å². The molecule has 3 fully saturated rings. The molecule has 9 heteroatoms. The van der Waals surface area contributed by atoms with E-state index in [9.17, 15) is 18.3 Å². The van der Waals surface area contributed by atoms with E-state index < -0.39 is 27.1 Å². The highest BCUT2D eigenvalue weighted by Crippen LogP contribution is 2.45. The number of aliphatic hydroxyl groups is 1. The van der Waals surface area contributed by atoms with E-state index in [1.165, 1.54) is 25.3 Å². The van der Waals surface area contributed by atoms with Crippen molar-refractivity contribution in [1.29, 1.82) is 0 Å². The highest BCUT2D eigenvalue weighted by Gasteiger charge is 2.54. The van der Waals surface area contributed by atoms with Gasteiger partial charge in [0.15, 0.2) is 10.6 Å². The van der Waals surface area contributed by atoms with Crippen LogP contribution in [0.3, 0.4) is 0 Å². The predicted molar refractivity (Wildman–Crippen MR) is 141 cm³/mol. The van der Waals surface area contributed by atoms with E-state index in [0.717, 1.165) is 24.0 Å². The average molecular weight is 528 g/mol. The summed E-state index contributed by atoms with van der Waals surface area (Å²) in [6.45, 7) is 4.95. The number of carbonyl (C=O) groups is 1. The molecule has 1 amide bonds. The molecule has 0 bridgehead atoms. The van der Waals surface area contributed by atoms with Crippen LogP contribution < -0.4 is 14.4 Å². The predicted octanol–water partition coefficient (Wildman–Crippen LogP) is 4.21. The molecule has 0 spiro atoms. The Hall–Kier alpha value is -2.65. The average Bonchev–Trinajstić information content (AvgIpc) is 3.65. The Morgan fingerprint density at radius 1 is 1.08 bits per heavy atom. The first kappa shape index (κ1) is 26.0. The van der Waals surface area contributed by atoms with Gasteiger partial charge in [-0.3, -0.25) is 4.79 Å². The number of nitrogens with one attached hydrogen (secondary N) is 1. The number of amides is 1. The molecule has 37 heavy (non-hydrogen) atoms. The van der Waals surface area contributed by atoms with Crippen LogP contribution in [0.1, 0.15) is 81.8 Å². The topological polar surface area (TPSA) is 109 Å². The number of sulfonamides is 1. The number of benzene rings is 1. The lowest BCUT2D eigenvalue weighted by Crippen LogP contribution is -2.44. The minimum Gasteiger partial charge on any atom is -0.477 e. The SMILES string of the molecule is Cc1ccc(C2CCCCC2)c(OC2(C(=O)NS(=O)(=O)c3cccc(N4CCC(C)(O)CC4)n3)CC2)c1. The second-order valence-corrected chi connectivity index (χ2v) is 12.9. The first-order chi connectivity index (χ1) is 17.6. The number of rotatable bonds is 7. The molecule has 0 atom stereocenters. The van der Waals surface area contributed by atoms with Crippen LogP contribution in [0.4, 0.5) is 5.82 Å². The number of nitrogens with zero attached hydrogens (tertiary/aromatic N) is 2. The van der Waals surface area contributed by atoms with Gasteiger partial charge in [-0.2, -0.15) is 8.42 Å². The number of hydrogen-bond acceptors (Lipinski definition) is 7. The molecule has 200 valence electrons. The first-order valence-electron chi connectivity index (χ1n) is 13.4. The van der Waals surface area contributed by atoms with Crippen molar-refractivity contribution >= 4 is 21.7 Å². The lowest BCUT2D eigenvalue weighted by Gasteiger charge is -2.36. The van der Waals surface area contributed by atoms with Crippen LogP contribution in [0.25, 0.3) is 0 Å². The smallest absolute Gasteiger partial charge is 0.281 e. The summed E-state index contributed by atoms with van der Waals surface area (Å²) >= 11 is 0. The quantitative estimate of drug-likeness (QED) is 0.555. The van der Waals surface area contributed by atoms with Gasteiger partial charge in [0.1, 0.15) is 11.6 Å². The Morgan fingerprint density at radius 3 is 2.46 bits per heavy atom.